The number of benzene rings is 2. The number of aryl methyl sites for hydroxylation is 2. The van der Waals surface area contributed by atoms with Gasteiger partial charge in [-0.2, -0.15) is 5.10 Å². The van der Waals surface area contributed by atoms with Gasteiger partial charge in [0.2, 0.25) is 5.88 Å². The molecule has 3 atom stereocenters. The molecule has 2 aromatic carbocycles. The molecule has 0 saturated heterocycles. The highest BCUT2D eigenvalue weighted by Crippen LogP contribution is 2.40. The van der Waals surface area contributed by atoms with Crippen molar-refractivity contribution in [1.29, 1.82) is 0 Å². The van der Waals surface area contributed by atoms with Gasteiger partial charge < -0.3 is 19.5 Å². The summed E-state index contributed by atoms with van der Waals surface area (Å²) in [6.07, 6.45) is 3.04. The predicted molar refractivity (Wildman–Crippen MR) is 194 cm³/mol. The molecule has 13 nitrogen and oxygen atoms in total. The number of fused-ring (bicyclic) bond motifs is 1. The number of aromatic amines is 2. The van der Waals surface area contributed by atoms with E-state index in [4.69, 9.17) is 25.8 Å². The fourth-order valence-electron chi connectivity index (χ4n) is 7.13. The predicted octanol–water partition coefficient (Wildman–Crippen LogP) is 7.39. The Labute approximate surface area is 301 Å². The lowest BCUT2D eigenvalue weighted by Gasteiger charge is -2.37. The first kappa shape index (κ1) is 35.9. The van der Waals surface area contributed by atoms with Crippen molar-refractivity contribution in [2.45, 2.75) is 79.4 Å². The number of ether oxygens (including phenoxy) is 3. The lowest BCUT2D eigenvalue weighted by atomic mass is 9.75. The second-order valence-electron chi connectivity index (χ2n) is 13.9. The Morgan fingerprint density at radius 1 is 1.04 bits per heavy atom. The van der Waals surface area contributed by atoms with Crippen LogP contribution in [-0.2, 0) is 16.0 Å². The van der Waals surface area contributed by atoms with Crippen molar-refractivity contribution in [3.63, 3.8) is 0 Å². The maximum atomic E-state index is 13.9. The van der Waals surface area contributed by atoms with Crippen LogP contribution in [0.1, 0.15) is 90.3 Å². The molecule has 1 aliphatic carbocycles. The Hall–Kier alpha value is -5.90. The molecule has 13 heteroatoms. The molecule has 0 aliphatic heterocycles. The highest BCUT2D eigenvalue weighted by Gasteiger charge is 2.37. The van der Waals surface area contributed by atoms with Crippen LogP contribution < -0.4 is 14.8 Å². The number of hydrogen-bond acceptors (Lipinski definition) is 8. The van der Waals surface area contributed by atoms with Gasteiger partial charge in [0.05, 0.1) is 6.57 Å². The number of nitrogens with one attached hydrogen (secondary N) is 3. The third kappa shape index (κ3) is 7.56. The van der Waals surface area contributed by atoms with E-state index in [-0.39, 0.29) is 52.3 Å². The van der Waals surface area contributed by atoms with Crippen LogP contribution in [0, 0.1) is 38.2 Å². The molecule has 3 unspecified atom stereocenters. The van der Waals surface area contributed by atoms with Gasteiger partial charge in [0.25, 0.3) is 11.6 Å². The summed E-state index contributed by atoms with van der Waals surface area (Å²) >= 11 is 0. The highest BCUT2D eigenvalue weighted by molar-refractivity contribution is 6.05. The van der Waals surface area contributed by atoms with E-state index in [1.807, 2.05) is 51.1 Å². The minimum atomic E-state index is -0.788. The molecule has 52 heavy (non-hydrogen) atoms. The number of carbonyl (C=O) groups is 3. The second kappa shape index (κ2) is 15.1. The van der Waals surface area contributed by atoms with Crippen molar-refractivity contribution in [1.82, 2.24) is 24.8 Å². The van der Waals surface area contributed by atoms with Crippen molar-refractivity contribution < 1.29 is 28.6 Å². The summed E-state index contributed by atoms with van der Waals surface area (Å²) in [5.41, 5.74) is 3.46. The Bertz CT molecular complexity index is 2110. The zero-order valence-corrected chi connectivity index (χ0v) is 30.1. The molecule has 270 valence electrons. The van der Waals surface area contributed by atoms with E-state index in [1.54, 1.807) is 12.1 Å². The fraction of sp³-hybridized carbons (Fsp3) is 0.385. The topological polar surface area (TPSA) is 157 Å². The van der Waals surface area contributed by atoms with E-state index < -0.39 is 18.0 Å². The number of esters is 2. The molecule has 0 bridgehead atoms. The highest BCUT2D eigenvalue weighted by atomic mass is 16.6. The summed E-state index contributed by atoms with van der Waals surface area (Å²) in [5, 5.41) is 12.4. The SMILES string of the molecule is [C-]#[N+]c1c(C(=O)OC2C(C)CC(C)CC2C)c2nc(Cc3ccc(NC(=O)C(CC)Oc4ccc(C)cc4C)cc3)[nH]n2c1OC(=O)c1ccn[nH]1. The first-order chi connectivity index (χ1) is 24.9. The number of hydrogen-bond donors (Lipinski definition) is 3. The number of anilines is 1. The van der Waals surface area contributed by atoms with Crippen LogP contribution in [-0.4, -0.2) is 54.8 Å². The summed E-state index contributed by atoms with van der Waals surface area (Å²) in [6, 6.07) is 14.6. The molecule has 5 aromatic rings. The van der Waals surface area contributed by atoms with Crippen molar-refractivity contribution in [2.24, 2.45) is 17.8 Å². The molecule has 6 rings (SSSR count). The Morgan fingerprint density at radius 3 is 2.40 bits per heavy atom. The molecule has 3 heterocycles. The summed E-state index contributed by atoms with van der Waals surface area (Å²) in [4.78, 5) is 48.3. The van der Waals surface area contributed by atoms with E-state index in [2.05, 4.69) is 46.2 Å². The molecule has 1 saturated carbocycles. The van der Waals surface area contributed by atoms with Crippen LogP contribution in [0.4, 0.5) is 11.4 Å². The first-order valence-electron chi connectivity index (χ1n) is 17.5. The third-order valence-electron chi connectivity index (χ3n) is 9.55. The van der Waals surface area contributed by atoms with Gasteiger partial charge in [-0.3, -0.25) is 15.0 Å². The summed E-state index contributed by atoms with van der Waals surface area (Å²) in [7, 11) is 0. The van der Waals surface area contributed by atoms with Crippen LogP contribution in [0.3, 0.4) is 0 Å². The van der Waals surface area contributed by atoms with Crippen molar-refractivity contribution >= 4 is 34.9 Å². The van der Waals surface area contributed by atoms with Crippen molar-refractivity contribution in [3.05, 3.63) is 99.9 Å². The molecule has 1 fully saturated rings. The Balaban J connectivity index is 1.23. The summed E-state index contributed by atoms with van der Waals surface area (Å²) in [6.45, 7) is 20.2. The maximum absolute atomic E-state index is 13.9. The standard InChI is InChI=1S/C39H43N7O6/c1-8-29(50-30-14-9-21(2)17-23(30)4)36(47)42-27-12-10-26(11-13-27)20-31-43-35-32(39(49)51-34-24(5)18-22(3)19-25(34)6)33(40-7)37(46(35)45-31)52-38(48)28-15-16-41-44-28/h9-17,22,24-25,29,34H,8,18-20H2,1-6H3,(H,41,44)(H,42,47)(H,43,45). The van der Waals surface area contributed by atoms with Gasteiger partial charge in [0.1, 0.15) is 28.9 Å². The van der Waals surface area contributed by atoms with Gasteiger partial charge in [-0.1, -0.05) is 57.5 Å². The number of H-pyrrole nitrogens is 2. The van der Waals surface area contributed by atoms with Crippen LogP contribution in [0.5, 0.6) is 11.6 Å². The quantitative estimate of drug-likeness (QED) is 0.0949. The third-order valence-corrected chi connectivity index (χ3v) is 9.55. The average Bonchev–Trinajstić information content (AvgIpc) is 3.84. The number of rotatable bonds is 11. The molecular weight excluding hydrogens is 662 g/mol. The minimum Gasteiger partial charge on any atom is -0.480 e. The first-order valence-corrected chi connectivity index (χ1v) is 17.5. The molecule has 1 aliphatic rings. The monoisotopic (exact) mass is 705 g/mol. The normalized spacial score (nSPS) is 19.1. The van der Waals surface area contributed by atoms with Gasteiger partial charge >= 0.3 is 11.9 Å². The zero-order chi connectivity index (χ0) is 37.1. The Morgan fingerprint density at radius 2 is 1.77 bits per heavy atom. The molecule has 3 N–H and O–H groups in total. The van der Waals surface area contributed by atoms with Gasteiger partial charge in [-0.15, -0.1) is 0 Å². The maximum Gasteiger partial charge on any atom is 0.361 e. The van der Waals surface area contributed by atoms with Crippen LogP contribution >= 0.6 is 0 Å². The molecule has 0 spiro atoms. The van der Waals surface area contributed by atoms with Gasteiger partial charge in [-0.25, -0.2) is 23.9 Å². The second-order valence-corrected chi connectivity index (χ2v) is 13.9. The van der Waals surface area contributed by atoms with E-state index >= 15 is 0 Å². The Kier molecular flexibility index (Phi) is 10.5. The molecule has 0 radical (unpaired) electrons. The smallest absolute Gasteiger partial charge is 0.361 e. The number of amides is 1. The lowest BCUT2D eigenvalue weighted by Crippen LogP contribution is -2.37. The summed E-state index contributed by atoms with van der Waals surface area (Å²) < 4.78 is 19.1. The molecule has 1 amide bonds. The van der Waals surface area contributed by atoms with Crippen LogP contribution in [0.25, 0.3) is 10.5 Å². The van der Waals surface area contributed by atoms with Crippen LogP contribution in [0.2, 0.25) is 0 Å². The van der Waals surface area contributed by atoms with Crippen molar-refractivity contribution in [2.75, 3.05) is 5.32 Å². The average molecular weight is 706 g/mol. The zero-order valence-electron chi connectivity index (χ0n) is 30.1. The molecule has 3 aromatic heterocycles. The van der Waals surface area contributed by atoms with Crippen LogP contribution in [0.15, 0.2) is 54.7 Å². The van der Waals surface area contributed by atoms with Gasteiger partial charge in [0, 0.05) is 18.3 Å². The minimum absolute atomic E-state index is 0.0722. The van der Waals surface area contributed by atoms with E-state index in [0.717, 1.165) is 29.5 Å². The van der Waals surface area contributed by atoms with Gasteiger partial charge in [-0.05, 0) is 86.3 Å². The fourth-order valence-corrected chi connectivity index (χ4v) is 7.13. The van der Waals surface area contributed by atoms with E-state index in [0.29, 0.717) is 36.0 Å². The van der Waals surface area contributed by atoms with Crippen molar-refractivity contribution in [3.8, 4) is 11.6 Å². The number of aromatic nitrogens is 5. The van der Waals surface area contributed by atoms with E-state index in [1.165, 1.54) is 16.8 Å². The summed E-state index contributed by atoms with van der Waals surface area (Å²) in [5.74, 6) is -0.0223. The van der Waals surface area contributed by atoms with E-state index in [9.17, 15) is 14.4 Å². The number of carbonyl (C=O) groups excluding carboxylic acids is 3. The largest absolute Gasteiger partial charge is 0.480 e. The van der Waals surface area contributed by atoms with Gasteiger partial charge in [0.15, 0.2) is 11.8 Å². The number of nitrogens with zero attached hydrogens (tertiary/aromatic N) is 4. The lowest BCUT2D eigenvalue weighted by molar-refractivity contribution is -0.122. The molecular formula is C39H43N7O6.